The first-order valence-corrected chi connectivity index (χ1v) is 8.50. The fourth-order valence-electron chi connectivity index (χ4n) is 3.35. The van der Waals surface area contributed by atoms with Crippen molar-refractivity contribution in [3.8, 4) is 0 Å². The van der Waals surface area contributed by atoms with Crippen molar-refractivity contribution in [3.05, 3.63) is 16.8 Å². The second kappa shape index (κ2) is 5.78. The highest BCUT2D eigenvalue weighted by molar-refractivity contribution is 7.19. The Labute approximate surface area is 145 Å². The van der Waals surface area contributed by atoms with Gasteiger partial charge in [0.25, 0.3) is 0 Å². The highest BCUT2D eigenvalue weighted by atomic mass is 32.1. The van der Waals surface area contributed by atoms with E-state index in [1.54, 1.807) is 7.05 Å². The molecule has 22 heavy (non-hydrogen) atoms. The SMILES string of the molecule is [2H]C1([2H])CC([2H])([2H])c2c1sc1ncnc(N[C@H]3CC[C@H](N(C)C([2H])([2H])[2H])CC3)c21. The number of aromatic nitrogens is 2. The molecule has 0 spiro atoms. The summed E-state index contributed by atoms with van der Waals surface area (Å²) < 4.78 is 55.9. The van der Waals surface area contributed by atoms with E-state index in [-0.39, 0.29) is 18.5 Å². The predicted octanol–water partition coefficient (Wildman–Crippen LogP) is 3.46. The quantitative estimate of drug-likeness (QED) is 0.939. The summed E-state index contributed by atoms with van der Waals surface area (Å²) >= 11 is 1.20. The highest BCUT2D eigenvalue weighted by Gasteiger charge is 2.25. The van der Waals surface area contributed by atoms with Gasteiger partial charge in [-0.25, -0.2) is 9.97 Å². The Morgan fingerprint density at radius 2 is 2.18 bits per heavy atom. The van der Waals surface area contributed by atoms with Crippen LogP contribution in [-0.4, -0.2) is 41.0 Å². The number of rotatable bonds is 3. The van der Waals surface area contributed by atoms with Gasteiger partial charge in [-0.1, -0.05) is 0 Å². The van der Waals surface area contributed by atoms with E-state index >= 15 is 0 Å². The van der Waals surface area contributed by atoms with Crippen LogP contribution in [0, 0.1) is 0 Å². The number of thiophene rings is 1. The third kappa shape index (κ3) is 2.50. The summed E-state index contributed by atoms with van der Waals surface area (Å²) in [4.78, 5) is 11.1. The van der Waals surface area contributed by atoms with Crippen molar-refractivity contribution in [1.82, 2.24) is 14.9 Å². The lowest BCUT2D eigenvalue weighted by molar-refractivity contribution is 0.221. The van der Waals surface area contributed by atoms with Gasteiger partial charge in [-0.2, -0.15) is 0 Å². The Bertz CT molecular complexity index is 918. The summed E-state index contributed by atoms with van der Waals surface area (Å²) in [6, 6.07) is 0.117. The molecule has 2 aromatic heterocycles. The van der Waals surface area contributed by atoms with E-state index in [1.807, 2.05) is 0 Å². The molecule has 2 aliphatic carbocycles. The maximum Gasteiger partial charge on any atom is 0.138 e. The number of anilines is 1. The second-order valence-corrected chi connectivity index (χ2v) is 7.00. The van der Waals surface area contributed by atoms with Crippen LogP contribution in [0.15, 0.2) is 6.33 Å². The third-order valence-electron chi connectivity index (χ3n) is 4.59. The van der Waals surface area contributed by atoms with Crippen LogP contribution < -0.4 is 5.32 Å². The van der Waals surface area contributed by atoms with Gasteiger partial charge in [0.15, 0.2) is 0 Å². The van der Waals surface area contributed by atoms with Gasteiger partial charge in [0, 0.05) is 26.6 Å². The van der Waals surface area contributed by atoms with Crippen LogP contribution in [0.4, 0.5) is 5.82 Å². The van der Waals surface area contributed by atoms with E-state index in [1.165, 1.54) is 22.6 Å². The Morgan fingerprint density at radius 1 is 1.32 bits per heavy atom. The van der Waals surface area contributed by atoms with Crippen molar-refractivity contribution in [2.45, 2.75) is 56.9 Å². The van der Waals surface area contributed by atoms with Crippen LogP contribution >= 0.6 is 11.3 Å². The highest BCUT2D eigenvalue weighted by Crippen LogP contribution is 2.39. The summed E-state index contributed by atoms with van der Waals surface area (Å²) in [5.41, 5.74) is 0.376. The smallest absolute Gasteiger partial charge is 0.138 e. The average molecular weight is 324 g/mol. The molecule has 4 nitrogen and oxygen atoms in total. The molecule has 5 heteroatoms. The van der Waals surface area contributed by atoms with Crippen LogP contribution in [0.25, 0.3) is 10.2 Å². The van der Waals surface area contributed by atoms with E-state index in [0.717, 1.165) is 25.7 Å². The van der Waals surface area contributed by atoms with Gasteiger partial charge >= 0.3 is 0 Å². The van der Waals surface area contributed by atoms with Crippen molar-refractivity contribution in [1.29, 1.82) is 0 Å². The second-order valence-electron chi connectivity index (χ2n) is 6.00. The van der Waals surface area contributed by atoms with E-state index in [2.05, 4.69) is 15.3 Å². The summed E-state index contributed by atoms with van der Waals surface area (Å²) in [6.45, 7) is -2.09. The van der Waals surface area contributed by atoms with Gasteiger partial charge in [-0.15, -0.1) is 11.3 Å². The maximum absolute atomic E-state index is 8.36. The molecule has 0 saturated heterocycles. The molecule has 1 saturated carbocycles. The lowest BCUT2D eigenvalue weighted by Crippen LogP contribution is -2.36. The van der Waals surface area contributed by atoms with Crippen molar-refractivity contribution in [2.24, 2.45) is 0 Å². The zero-order valence-corrected chi connectivity index (χ0v) is 13.3. The van der Waals surface area contributed by atoms with E-state index in [4.69, 9.17) is 9.60 Å². The van der Waals surface area contributed by atoms with Crippen LogP contribution in [0.5, 0.6) is 0 Å². The van der Waals surface area contributed by atoms with Crippen LogP contribution in [0.1, 0.15) is 52.1 Å². The molecule has 0 aliphatic heterocycles. The first-order chi connectivity index (χ1) is 13.4. The van der Waals surface area contributed by atoms with Crippen molar-refractivity contribution >= 4 is 27.4 Å². The van der Waals surface area contributed by atoms with Crippen LogP contribution in [-0.2, 0) is 12.7 Å². The topological polar surface area (TPSA) is 41.1 Å². The number of nitrogens with zero attached hydrogens (tertiary/aromatic N) is 3. The van der Waals surface area contributed by atoms with Crippen LogP contribution in [0.3, 0.4) is 0 Å². The molecule has 0 radical (unpaired) electrons. The standard InChI is InChI=1S/C17H24N4S/c1-21(2)12-8-6-11(7-9-12)20-16-15-13-4-3-5-14(13)22-17(15)19-10-18-16/h10-12H,3-9H2,1-2H3,(H,18,19,20)/t11-,12-/i1D3,4D2,5D2. The minimum Gasteiger partial charge on any atom is -0.367 e. The summed E-state index contributed by atoms with van der Waals surface area (Å²) in [6.07, 6.45) is 0.844. The molecule has 0 bridgehead atoms. The number of nitrogens with one attached hydrogen (secondary N) is 1. The Kier molecular flexibility index (Phi) is 2.26. The summed E-state index contributed by atoms with van der Waals surface area (Å²) in [7, 11) is 1.64. The van der Waals surface area contributed by atoms with Crippen molar-refractivity contribution in [3.63, 3.8) is 0 Å². The largest absolute Gasteiger partial charge is 0.367 e. The zero-order valence-electron chi connectivity index (χ0n) is 19.5. The molecular weight excluding hydrogens is 292 g/mol. The molecule has 0 atom stereocenters. The van der Waals surface area contributed by atoms with E-state index in [9.17, 15) is 0 Å². The first-order valence-electron chi connectivity index (χ1n) is 11.2. The molecular formula is C17H24N4S. The van der Waals surface area contributed by atoms with E-state index < -0.39 is 19.7 Å². The van der Waals surface area contributed by atoms with Gasteiger partial charge in [0.05, 0.1) is 5.39 Å². The Morgan fingerprint density at radius 3 is 3.00 bits per heavy atom. The number of hydrogen-bond donors (Lipinski definition) is 1. The van der Waals surface area contributed by atoms with Crippen LogP contribution in [0.2, 0.25) is 0 Å². The maximum atomic E-state index is 8.36. The van der Waals surface area contributed by atoms with Gasteiger partial charge in [-0.3, -0.25) is 0 Å². The van der Waals surface area contributed by atoms with Crippen molar-refractivity contribution in [2.75, 3.05) is 19.3 Å². The molecule has 118 valence electrons. The Hall–Kier alpha value is -1.20. The molecule has 2 aromatic rings. The normalized spacial score (nSPS) is 34.7. The average Bonchev–Trinajstić information content (AvgIpc) is 3.10. The molecule has 1 N–H and O–H groups in total. The van der Waals surface area contributed by atoms with E-state index in [0.29, 0.717) is 26.5 Å². The molecule has 0 unspecified atom stereocenters. The lowest BCUT2D eigenvalue weighted by Gasteiger charge is -2.33. The minimum absolute atomic E-state index is 0.0118. The number of hydrogen-bond acceptors (Lipinski definition) is 5. The van der Waals surface area contributed by atoms with Crippen molar-refractivity contribution < 1.29 is 9.60 Å². The molecule has 2 aliphatic rings. The monoisotopic (exact) mass is 323 g/mol. The lowest BCUT2D eigenvalue weighted by atomic mass is 9.90. The molecule has 0 aromatic carbocycles. The fraction of sp³-hybridized carbons (Fsp3) is 0.647. The number of aryl methyl sites for hydroxylation is 2. The first kappa shape index (κ1) is 8.60. The molecule has 4 rings (SSSR count). The van der Waals surface area contributed by atoms with Gasteiger partial charge in [0.2, 0.25) is 0 Å². The van der Waals surface area contributed by atoms with Gasteiger partial charge in [0.1, 0.15) is 17.0 Å². The molecule has 1 fully saturated rings. The minimum atomic E-state index is -2.09. The third-order valence-corrected chi connectivity index (χ3v) is 5.64. The van der Waals surface area contributed by atoms with Gasteiger partial charge < -0.3 is 10.2 Å². The predicted molar refractivity (Wildman–Crippen MR) is 92.8 cm³/mol. The fourth-order valence-corrected chi connectivity index (χ4v) is 4.36. The van der Waals surface area contributed by atoms with Gasteiger partial charge in [-0.05, 0) is 64.4 Å². The summed E-state index contributed by atoms with van der Waals surface area (Å²) in [5.74, 6) is 0.543. The molecule has 2 heterocycles. The zero-order chi connectivity index (χ0) is 21.2. The summed E-state index contributed by atoms with van der Waals surface area (Å²) in [5, 5.41) is 3.99. The Balaban J connectivity index is 1.58. The molecule has 0 amide bonds. The number of fused-ring (bicyclic) bond motifs is 3.